The van der Waals surface area contributed by atoms with E-state index in [9.17, 15) is 24.9 Å². The number of nitrogens with one attached hydrogen (secondary N) is 1. The number of carboxylic acid groups (broad SMARTS) is 1. The predicted octanol–water partition coefficient (Wildman–Crippen LogP) is -0.768. The van der Waals surface area contributed by atoms with Gasteiger partial charge in [-0.05, 0) is 12.8 Å². The summed E-state index contributed by atoms with van der Waals surface area (Å²) in [6.45, 7) is -0.340. The molecule has 1 rings (SSSR count). The van der Waals surface area contributed by atoms with Crippen molar-refractivity contribution in [3.63, 3.8) is 0 Å². The summed E-state index contributed by atoms with van der Waals surface area (Å²) in [5.74, 6) is -1.14. The standard InChI is InChI=1S/C21H40N2O9/c22-14(13-31-21-19(29)18(28)17(27)15(12-24)32-21)20(30)23-11-9-7-5-3-1-2-4-6-8-10-16(25)26/h14-15,17-19,21,24,27-29H,1-13,22H2,(H,23,30)(H,25,26)/t14?,15-,17+,18+,19-,21-/m1/s1. The Labute approximate surface area is 188 Å². The monoisotopic (exact) mass is 464 g/mol. The number of unbranched alkanes of at least 4 members (excludes halogenated alkanes) is 8. The normalized spacial score (nSPS) is 26.6. The fraction of sp³-hybridized carbons (Fsp3) is 0.905. The minimum Gasteiger partial charge on any atom is -0.481 e. The molecule has 188 valence electrons. The number of rotatable bonds is 17. The molecule has 0 saturated carbocycles. The highest BCUT2D eigenvalue weighted by molar-refractivity contribution is 5.81. The Hall–Kier alpha value is -1.34. The first kappa shape index (κ1) is 28.7. The average Bonchev–Trinajstić information content (AvgIpc) is 2.77. The number of nitrogens with two attached hydrogens (primary N) is 1. The van der Waals surface area contributed by atoms with E-state index >= 15 is 0 Å². The van der Waals surface area contributed by atoms with E-state index in [1.165, 1.54) is 0 Å². The third kappa shape index (κ3) is 11.0. The van der Waals surface area contributed by atoms with Gasteiger partial charge in [-0.2, -0.15) is 0 Å². The molecule has 0 radical (unpaired) electrons. The number of carbonyl (C=O) groups is 2. The van der Waals surface area contributed by atoms with Gasteiger partial charge >= 0.3 is 5.97 Å². The second kappa shape index (κ2) is 16.3. The van der Waals surface area contributed by atoms with Crippen molar-refractivity contribution in [2.24, 2.45) is 5.73 Å². The number of aliphatic hydroxyl groups is 4. The van der Waals surface area contributed by atoms with Crippen molar-refractivity contribution >= 4 is 11.9 Å². The Bertz CT molecular complexity index is 535. The van der Waals surface area contributed by atoms with E-state index in [1.807, 2.05) is 0 Å². The number of aliphatic hydroxyl groups excluding tert-OH is 4. The van der Waals surface area contributed by atoms with Crippen LogP contribution < -0.4 is 11.1 Å². The molecule has 1 saturated heterocycles. The molecule has 0 spiro atoms. The Morgan fingerprint density at radius 1 is 0.906 bits per heavy atom. The van der Waals surface area contributed by atoms with Gasteiger partial charge in [0.05, 0.1) is 13.2 Å². The zero-order valence-corrected chi connectivity index (χ0v) is 18.6. The number of hydrogen-bond acceptors (Lipinski definition) is 9. The molecule has 1 amide bonds. The molecule has 0 aromatic carbocycles. The molecule has 0 aromatic rings. The van der Waals surface area contributed by atoms with E-state index in [-0.39, 0.29) is 13.0 Å². The molecule has 32 heavy (non-hydrogen) atoms. The van der Waals surface area contributed by atoms with Crippen molar-refractivity contribution in [1.29, 1.82) is 0 Å². The lowest BCUT2D eigenvalue weighted by Gasteiger charge is -2.39. The number of aliphatic carboxylic acids is 1. The maximum atomic E-state index is 12.1. The van der Waals surface area contributed by atoms with Crippen molar-refractivity contribution in [2.45, 2.75) is 101 Å². The molecular formula is C21H40N2O9. The van der Waals surface area contributed by atoms with Crippen molar-refractivity contribution < 1.29 is 44.6 Å². The molecule has 1 unspecified atom stereocenters. The van der Waals surface area contributed by atoms with Crippen LogP contribution >= 0.6 is 0 Å². The smallest absolute Gasteiger partial charge is 0.303 e. The quantitative estimate of drug-likeness (QED) is 0.134. The van der Waals surface area contributed by atoms with Gasteiger partial charge in [0.2, 0.25) is 5.91 Å². The molecule has 0 bridgehead atoms. The van der Waals surface area contributed by atoms with Gasteiger partial charge in [0.15, 0.2) is 6.29 Å². The molecule has 11 heteroatoms. The first-order valence-electron chi connectivity index (χ1n) is 11.4. The molecule has 1 aliphatic heterocycles. The lowest BCUT2D eigenvalue weighted by Crippen LogP contribution is -2.59. The van der Waals surface area contributed by atoms with Crippen molar-refractivity contribution in [3.05, 3.63) is 0 Å². The van der Waals surface area contributed by atoms with Crippen LogP contribution in [0.1, 0.15) is 64.2 Å². The van der Waals surface area contributed by atoms with E-state index in [2.05, 4.69) is 5.32 Å². The van der Waals surface area contributed by atoms with E-state index in [1.54, 1.807) is 0 Å². The summed E-state index contributed by atoms with van der Waals surface area (Å²) in [6, 6.07) is -0.997. The fourth-order valence-electron chi connectivity index (χ4n) is 3.46. The summed E-state index contributed by atoms with van der Waals surface area (Å²) < 4.78 is 10.5. The van der Waals surface area contributed by atoms with Crippen LogP contribution in [-0.2, 0) is 19.1 Å². The van der Waals surface area contributed by atoms with Crippen LogP contribution in [-0.4, -0.2) is 93.9 Å². The Balaban J connectivity index is 2.05. The number of hydrogen-bond donors (Lipinski definition) is 7. The minimum atomic E-state index is -1.55. The third-order valence-electron chi connectivity index (χ3n) is 5.49. The minimum absolute atomic E-state index is 0.245. The van der Waals surface area contributed by atoms with Gasteiger partial charge in [0.1, 0.15) is 30.5 Å². The highest BCUT2D eigenvalue weighted by Gasteiger charge is 2.44. The first-order chi connectivity index (χ1) is 15.3. The predicted molar refractivity (Wildman–Crippen MR) is 115 cm³/mol. The van der Waals surface area contributed by atoms with Crippen LogP contribution in [0.15, 0.2) is 0 Å². The molecule has 6 atom stereocenters. The third-order valence-corrected chi connectivity index (χ3v) is 5.49. The van der Waals surface area contributed by atoms with Crippen LogP contribution in [0.3, 0.4) is 0 Å². The fourth-order valence-corrected chi connectivity index (χ4v) is 3.46. The molecule has 0 aromatic heterocycles. The summed E-state index contributed by atoms with van der Waals surface area (Å²) in [7, 11) is 0. The molecule has 1 fully saturated rings. The van der Waals surface area contributed by atoms with Gasteiger partial charge in [-0.3, -0.25) is 9.59 Å². The second-order valence-corrected chi connectivity index (χ2v) is 8.25. The largest absolute Gasteiger partial charge is 0.481 e. The Morgan fingerprint density at radius 3 is 2.03 bits per heavy atom. The van der Waals surface area contributed by atoms with E-state index in [4.69, 9.17) is 25.4 Å². The molecule has 0 aliphatic carbocycles. The highest BCUT2D eigenvalue weighted by Crippen LogP contribution is 2.22. The van der Waals surface area contributed by atoms with Gasteiger partial charge in [0, 0.05) is 13.0 Å². The SMILES string of the molecule is NC(CO[C@@H]1O[C@H](CO)[C@H](O)[C@H](O)[C@H]1O)C(=O)NCCCCCCCCCCCC(=O)O. The molecule has 1 heterocycles. The summed E-state index contributed by atoms with van der Waals surface area (Å²) in [5, 5.41) is 49.8. The Kier molecular flexibility index (Phi) is 14.6. The zero-order chi connectivity index (χ0) is 23.9. The number of ether oxygens (including phenoxy) is 2. The second-order valence-electron chi connectivity index (χ2n) is 8.25. The van der Waals surface area contributed by atoms with Crippen LogP contribution in [0.4, 0.5) is 0 Å². The first-order valence-corrected chi connectivity index (χ1v) is 11.4. The van der Waals surface area contributed by atoms with Gasteiger partial charge in [0.25, 0.3) is 0 Å². The lowest BCUT2D eigenvalue weighted by molar-refractivity contribution is -0.301. The summed E-state index contributed by atoms with van der Waals surface area (Å²) >= 11 is 0. The zero-order valence-electron chi connectivity index (χ0n) is 18.6. The number of amides is 1. The maximum Gasteiger partial charge on any atom is 0.303 e. The summed E-state index contributed by atoms with van der Waals surface area (Å²) in [5.41, 5.74) is 5.79. The molecule has 1 aliphatic rings. The Morgan fingerprint density at radius 2 is 1.47 bits per heavy atom. The van der Waals surface area contributed by atoms with Gasteiger partial charge in [-0.15, -0.1) is 0 Å². The van der Waals surface area contributed by atoms with E-state index in [0.717, 1.165) is 57.8 Å². The number of carboxylic acids is 1. The van der Waals surface area contributed by atoms with Crippen molar-refractivity contribution in [2.75, 3.05) is 19.8 Å². The number of carbonyl (C=O) groups excluding carboxylic acids is 1. The van der Waals surface area contributed by atoms with Gasteiger partial charge < -0.3 is 46.1 Å². The highest BCUT2D eigenvalue weighted by atomic mass is 16.7. The van der Waals surface area contributed by atoms with Crippen molar-refractivity contribution in [1.82, 2.24) is 5.32 Å². The van der Waals surface area contributed by atoms with Crippen LogP contribution in [0.2, 0.25) is 0 Å². The molecular weight excluding hydrogens is 424 g/mol. The summed E-state index contributed by atoms with van der Waals surface area (Å²) in [4.78, 5) is 22.5. The molecule has 8 N–H and O–H groups in total. The van der Waals surface area contributed by atoms with Crippen LogP contribution in [0.5, 0.6) is 0 Å². The lowest BCUT2D eigenvalue weighted by atomic mass is 9.99. The van der Waals surface area contributed by atoms with Gasteiger partial charge in [-0.25, -0.2) is 0 Å². The average molecular weight is 465 g/mol. The van der Waals surface area contributed by atoms with E-state index < -0.39 is 55.2 Å². The van der Waals surface area contributed by atoms with Crippen LogP contribution in [0, 0.1) is 0 Å². The van der Waals surface area contributed by atoms with Gasteiger partial charge in [-0.1, -0.05) is 44.9 Å². The van der Waals surface area contributed by atoms with E-state index in [0.29, 0.717) is 6.54 Å². The summed E-state index contributed by atoms with van der Waals surface area (Å²) in [6.07, 6.45) is 2.26. The molecule has 11 nitrogen and oxygen atoms in total. The maximum absolute atomic E-state index is 12.1. The topological polar surface area (TPSA) is 192 Å². The van der Waals surface area contributed by atoms with Crippen molar-refractivity contribution in [3.8, 4) is 0 Å². The van der Waals surface area contributed by atoms with Crippen LogP contribution in [0.25, 0.3) is 0 Å².